The van der Waals surface area contributed by atoms with Crippen LogP contribution in [0.5, 0.6) is 0 Å². The van der Waals surface area contributed by atoms with Gasteiger partial charge in [0.05, 0.1) is 25.1 Å². The van der Waals surface area contributed by atoms with E-state index in [4.69, 9.17) is 5.73 Å². The third kappa shape index (κ3) is 2.65. The van der Waals surface area contributed by atoms with Gasteiger partial charge >= 0.3 is 0 Å². The van der Waals surface area contributed by atoms with Crippen molar-refractivity contribution in [1.29, 1.82) is 0 Å². The molecule has 1 fully saturated rings. The van der Waals surface area contributed by atoms with Crippen molar-refractivity contribution in [3.8, 4) is 0 Å². The molecule has 3 N–H and O–H groups in total. The summed E-state index contributed by atoms with van der Waals surface area (Å²) < 4.78 is 0. The Labute approximate surface area is 101 Å². The minimum absolute atomic E-state index is 0.0532. The molecule has 4 nitrogen and oxygen atoms in total. The molecule has 92 valence electrons. The number of amides is 1. The SMILES string of the molecule is CC1(O)CN(C(=O)Cc2ccccc2CN)C1. The standard InChI is InChI=1S/C13H18N2O2/c1-13(17)8-15(9-13)12(16)6-10-4-2-3-5-11(10)7-14/h2-5,17H,6-9,14H2,1H3. The predicted molar refractivity (Wildman–Crippen MR) is 65.2 cm³/mol. The first-order valence-corrected chi connectivity index (χ1v) is 5.79. The molecule has 4 heteroatoms. The first-order chi connectivity index (χ1) is 8.02. The third-order valence-electron chi connectivity index (χ3n) is 3.10. The summed E-state index contributed by atoms with van der Waals surface area (Å²) in [4.78, 5) is 13.6. The Balaban J connectivity index is 1.99. The number of hydrogen-bond acceptors (Lipinski definition) is 3. The number of likely N-dealkylation sites (tertiary alicyclic amines) is 1. The number of carbonyl (C=O) groups is 1. The van der Waals surface area contributed by atoms with Gasteiger partial charge in [-0.05, 0) is 18.1 Å². The Morgan fingerprint density at radius 3 is 2.53 bits per heavy atom. The van der Waals surface area contributed by atoms with E-state index in [1.807, 2.05) is 24.3 Å². The van der Waals surface area contributed by atoms with Crippen molar-refractivity contribution in [3.05, 3.63) is 35.4 Å². The Morgan fingerprint density at radius 2 is 2.00 bits per heavy atom. The molecule has 1 saturated heterocycles. The van der Waals surface area contributed by atoms with E-state index in [0.29, 0.717) is 26.1 Å². The average Bonchev–Trinajstić information content (AvgIpc) is 2.26. The number of aliphatic hydroxyl groups is 1. The molecule has 17 heavy (non-hydrogen) atoms. The van der Waals surface area contributed by atoms with Crippen molar-refractivity contribution in [2.45, 2.75) is 25.5 Å². The number of carbonyl (C=O) groups excluding carboxylic acids is 1. The first-order valence-electron chi connectivity index (χ1n) is 5.79. The molecule has 0 radical (unpaired) electrons. The lowest BCUT2D eigenvalue weighted by Gasteiger charge is -2.44. The summed E-state index contributed by atoms with van der Waals surface area (Å²) in [5, 5.41) is 9.59. The number of nitrogens with zero attached hydrogens (tertiary/aromatic N) is 1. The second-order valence-corrected chi connectivity index (χ2v) is 4.90. The highest BCUT2D eigenvalue weighted by molar-refractivity contribution is 5.80. The lowest BCUT2D eigenvalue weighted by atomic mass is 9.95. The van der Waals surface area contributed by atoms with Gasteiger partial charge in [-0.3, -0.25) is 4.79 Å². The molecule has 1 aliphatic heterocycles. The smallest absolute Gasteiger partial charge is 0.227 e. The van der Waals surface area contributed by atoms with Gasteiger partial charge in [-0.1, -0.05) is 24.3 Å². The molecular formula is C13H18N2O2. The summed E-state index contributed by atoms with van der Waals surface area (Å²) in [5.41, 5.74) is 6.91. The summed E-state index contributed by atoms with van der Waals surface area (Å²) in [6.45, 7) is 3.04. The Morgan fingerprint density at radius 1 is 1.41 bits per heavy atom. The lowest BCUT2D eigenvalue weighted by molar-refractivity contribution is -0.151. The molecule has 0 atom stereocenters. The first kappa shape index (κ1) is 12.1. The van der Waals surface area contributed by atoms with Crippen LogP contribution in [0.25, 0.3) is 0 Å². The minimum atomic E-state index is -0.705. The highest BCUT2D eigenvalue weighted by Gasteiger charge is 2.39. The molecule has 1 amide bonds. The van der Waals surface area contributed by atoms with Gasteiger partial charge in [0.25, 0.3) is 0 Å². The summed E-state index contributed by atoms with van der Waals surface area (Å²) >= 11 is 0. The van der Waals surface area contributed by atoms with E-state index >= 15 is 0 Å². The molecule has 0 saturated carbocycles. The van der Waals surface area contributed by atoms with Gasteiger partial charge < -0.3 is 15.7 Å². The number of hydrogen-bond donors (Lipinski definition) is 2. The zero-order chi connectivity index (χ0) is 12.5. The van der Waals surface area contributed by atoms with Crippen molar-refractivity contribution in [3.63, 3.8) is 0 Å². The van der Waals surface area contributed by atoms with Gasteiger partial charge in [-0.2, -0.15) is 0 Å². The molecule has 2 rings (SSSR count). The molecule has 0 bridgehead atoms. The second kappa shape index (κ2) is 4.47. The third-order valence-corrected chi connectivity index (χ3v) is 3.10. The normalized spacial score (nSPS) is 17.7. The number of benzene rings is 1. The Kier molecular flexibility index (Phi) is 3.17. The van der Waals surface area contributed by atoms with Crippen molar-refractivity contribution in [1.82, 2.24) is 4.90 Å². The minimum Gasteiger partial charge on any atom is -0.386 e. The van der Waals surface area contributed by atoms with Gasteiger partial charge in [-0.25, -0.2) is 0 Å². The van der Waals surface area contributed by atoms with E-state index < -0.39 is 5.60 Å². The largest absolute Gasteiger partial charge is 0.386 e. The van der Waals surface area contributed by atoms with Crippen LogP contribution in [0.2, 0.25) is 0 Å². The van der Waals surface area contributed by atoms with E-state index in [0.717, 1.165) is 11.1 Å². The van der Waals surface area contributed by atoms with Gasteiger partial charge in [0.1, 0.15) is 0 Å². The maximum absolute atomic E-state index is 11.9. The topological polar surface area (TPSA) is 66.6 Å². The molecule has 0 spiro atoms. The fourth-order valence-corrected chi connectivity index (χ4v) is 2.16. The number of nitrogens with two attached hydrogens (primary N) is 1. The summed E-state index contributed by atoms with van der Waals surface area (Å²) in [7, 11) is 0. The summed E-state index contributed by atoms with van der Waals surface area (Å²) in [6.07, 6.45) is 0.365. The average molecular weight is 234 g/mol. The highest BCUT2D eigenvalue weighted by atomic mass is 16.3. The van der Waals surface area contributed by atoms with E-state index in [1.165, 1.54) is 0 Å². The van der Waals surface area contributed by atoms with Crippen molar-refractivity contribution < 1.29 is 9.90 Å². The maximum atomic E-state index is 11.9. The molecule has 1 aromatic carbocycles. The van der Waals surface area contributed by atoms with Gasteiger partial charge in [0.15, 0.2) is 0 Å². The van der Waals surface area contributed by atoms with Crippen LogP contribution in [0.1, 0.15) is 18.1 Å². The highest BCUT2D eigenvalue weighted by Crippen LogP contribution is 2.21. The zero-order valence-corrected chi connectivity index (χ0v) is 10.0. The van der Waals surface area contributed by atoms with Crippen LogP contribution in [-0.2, 0) is 17.8 Å². The van der Waals surface area contributed by atoms with Crippen LogP contribution in [-0.4, -0.2) is 34.6 Å². The van der Waals surface area contributed by atoms with Crippen LogP contribution in [0.3, 0.4) is 0 Å². The van der Waals surface area contributed by atoms with Crippen molar-refractivity contribution in [2.75, 3.05) is 13.1 Å². The quantitative estimate of drug-likeness (QED) is 0.789. The second-order valence-electron chi connectivity index (χ2n) is 4.90. The van der Waals surface area contributed by atoms with E-state index in [2.05, 4.69) is 0 Å². The van der Waals surface area contributed by atoms with E-state index in [9.17, 15) is 9.90 Å². The summed E-state index contributed by atoms with van der Waals surface area (Å²) in [6, 6.07) is 7.70. The Bertz CT molecular complexity index is 421. The molecule has 0 aliphatic carbocycles. The van der Waals surface area contributed by atoms with Crippen LogP contribution >= 0.6 is 0 Å². The Hall–Kier alpha value is -1.39. The molecule has 1 aromatic rings. The van der Waals surface area contributed by atoms with Gasteiger partial charge in [-0.15, -0.1) is 0 Å². The van der Waals surface area contributed by atoms with Crippen LogP contribution < -0.4 is 5.73 Å². The van der Waals surface area contributed by atoms with Gasteiger partial charge in [0, 0.05) is 6.54 Å². The van der Waals surface area contributed by atoms with Crippen molar-refractivity contribution >= 4 is 5.91 Å². The number of β-amino-alcohol motifs (C(OH)–C–C–N with tert-alkyl or cyclic N) is 1. The fourth-order valence-electron chi connectivity index (χ4n) is 2.16. The summed E-state index contributed by atoms with van der Waals surface area (Å²) in [5.74, 6) is 0.0532. The van der Waals surface area contributed by atoms with E-state index in [1.54, 1.807) is 11.8 Å². The molecular weight excluding hydrogens is 216 g/mol. The lowest BCUT2D eigenvalue weighted by Crippen LogP contribution is -2.62. The van der Waals surface area contributed by atoms with Crippen LogP contribution in [0.4, 0.5) is 0 Å². The zero-order valence-electron chi connectivity index (χ0n) is 10.0. The maximum Gasteiger partial charge on any atom is 0.227 e. The van der Waals surface area contributed by atoms with Crippen LogP contribution in [0.15, 0.2) is 24.3 Å². The van der Waals surface area contributed by atoms with Gasteiger partial charge in [0.2, 0.25) is 5.91 Å². The van der Waals surface area contributed by atoms with Crippen molar-refractivity contribution in [2.24, 2.45) is 5.73 Å². The molecule has 0 unspecified atom stereocenters. The molecule has 1 aliphatic rings. The molecule has 1 heterocycles. The fraction of sp³-hybridized carbons (Fsp3) is 0.462. The monoisotopic (exact) mass is 234 g/mol. The molecule has 0 aromatic heterocycles. The van der Waals surface area contributed by atoms with E-state index in [-0.39, 0.29) is 5.91 Å². The predicted octanol–water partition coefficient (Wildman–Crippen LogP) is 0.281. The number of rotatable bonds is 3. The van der Waals surface area contributed by atoms with Crippen LogP contribution in [0, 0.1) is 0 Å².